The van der Waals surface area contributed by atoms with Gasteiger partial charge in [-0.2, -0.15) is 0 Å². The molecule has 0 bridgehead atoms. The smallest absolute Gasteiger partial charge is 0.226 e. The van der Waals surface area contributed by atoms with Gasteiger partial charge in [0.15, 0.2) is 5.82 Å². The van der Waals surface area contributed by atoms with Crippen molar-refractivity contribution in [1.82, 2.24) is 19.9 Å². The van der Waals surface area contributed by atoms with E-state index in [1.807, 2.05) is 29.8 Å². The van der Waals surface area contributed by atoms with Crippen molar-refractivity contribution in [2.24, 2.45) is 0 Å². The van der Waals surface area contributed by atoms with Gasteiger partial charge < -0.3 is 10.6 Å². The Morgan fingerprint density at radius 3 is 2.87 bits per heavy atom. The van der Waals surface area contributed by atoms with E-state index in [2.05, 4.69) is 20.6 Å². The van der Waals surface area contributed by atoms with E-state index in [0.29, 0.717) is 24.0 Å². The van der Waals surface area contributed by atoms with E-state index < -0.39 is 0 Å². The van der Waals surface area contributed by atoms with Crippen LogP contribution in [-0.4, -0.2) is 33.0 Å². The summed E-state index contributed by atoms with van der Waals surface area (Å²) >= 11 is 0. The van der Waals surface area contributed by atoms with Gasteiger partial charge >= 0.3 is 0 Å². The topological polar surface area (TPSA) is 71.8 Å². The summed E-state index contributed by atoms with van der Waals surface area (Å²) in [7, 11) is 0. The van der Waals surface area contributed by atoms with Crippen LogP contribution in [0.1, 0.15) is 25.1 Å². The molecule has 1 unspecified atom stereocenters. The minimum Gasteiger partial charge on any atom is -0.323 e. The number of hydrogen-bond acceptors (Lipinski definition) is 4. The largest absolute Gasteiger partial charge is 0.323 e. The summed E-state index contributed by atoms with van der Waals surface area (Å²) in [6, 6.07) is 3.97. The van der Waals surface area contributed by atoms with Gasteiger partial charge in [0, 0.05) is 31.1 Å². The zero-order valence-electron chi connectivity index (χ0n) is 12.9. The van der Waals surface area contributed by atoms with Crippen LogP contribution in [0.15, 0.2) is 30.7 Å². The quantitative estimate of drug-likeness (QED) is 0.881. The molecule has 126 valence electrons. The predicted octanol–water partition coefficient (Wildman–Crippen LogP) is 2.50. The number of carbonyl (C=O) groups excluding carboxylic acids is 1. The molecule has 8 heteroatoms. The van der Waals surface area contributed by atoms with Crippen LogP contribution in [0.2, 0.25) is 0 Å². The van der Waals surface area contributed by atoms with Gasteiger partial charge in [-0.15, -0.1) is 24.8 Å². The summed E-state index contributed by atoms with van der Waals surface area (Å²) in [5.74, 6) is 1.54. The standard InChI is InChI=1S/C15H19N5O.2ClH/c1-11-16-8-9-20(11)15-13(5-3-7-18-15)19-14(21)10-12-4-2-6-17-12;;/h3,5,7-9,12,17H,2,4,6,10H2,1H3,(H,19,21);2*1H. The Labute approximate surface area is 147 Å². The average Bonchev–Trinajstić information content (AvgIpc) is 3.11. The van der Waals surface area contributed by atoms with Gasteiger partial charge in [-0.25, -0.2) is 9.97 Å². The fourth-order valence-electron chi connectivity index (χ4n) is 2.64. The maximum atomic E-state index is 12.2. The summed E-state index contributed by atoms with van der Waals surface area (Å²) in [6.07, 6.45) is 7.97. The number of rotatable bonds is 4. The van der Waals surface area contributed by atoms with Crippen molar-refractivity contribution in [3.63, 3.8) is 0 Å². The second-order valence-corrected chi connectivity index (χ2v) is 5.26. The molecule has 1 saturated heterocycles. The van der Waals surface area contributed by atoms with Crippen molar-refractivity contribution in [3.8, 4) is 5.82 Å². The molecule has 3 rings (SSSR count). The van der Waals surface area contributed by atoms with Gasteiger partial charge in [0.2, 0.25) is 5.91 Å². The van der Waals surface area contributed by atoms with Crippen LogP contribution < -0.4 is 10.6 Å². The first kappa shape index (κ1) is 19.4. The Bertz CT molecular complexity index is 640. The van der Waals surface area contributed by atoms with Gasteiger partial charge in [-0.1, -0.05) is 0 Å². The van der Waals surface area contributed by atoms with Crippen molar-refractivity contribution >= 4 is 36.4 Å². The number of aryl methyl sites for hydroxylation is 1. The number of amides is 1. The number of nitrogens with zero attached hydrogens (tertiary/aromatic N) is 3. The maximum absolute atomic E-state index is 12.2. The van der Waals surface area contributed by atoms with Crippen molar-refractivity contribution < 1.29 is 4.79 Å². The zero-order chi connectivity index (χ0) is 14.7. The third kappa shape index (κ3) is 4.67. The van der Waals surface area contributed by atoms with Gasteiger partial charge in [-0.05, 0) is 38.4 Å². The molecular formula is C15H21Cl2N5O. The second-order valence-electron chi connectivity index (χ2n) is 5.26. The zero-order valence-corrected chi connectivity index (χ0v) is 14.5. The molecule has 2 aromatic rings. The molecule has 1 atom stereocenters. The number of anilines is 1. The highest BCUT2D eigenvalue weighted by atomic mass is 35.5. The third-order valence-electron chi connectivity index (χ3n) is 3.71. The molecule has 23 heavy (non-hydrogen) atoms. The van der Waals surface area contributed by atoms with Gasteiger partial charge in [0.1, 0.15) is 5.82 Å². The number of imidazole rings is 1. The molecule has 0 saturated carbocycles. The van der Waals surface area contributed by atoms with E-state index in [9.17, 15) is 4.79 Å². The Balaban J connectivity index is 0.00000132. The van der Waals surface area contributed by atoms with Crippen LogP contribution in [0.3, 0.4) is 0 Å². The molecule has 3 heterocycles. The molecule has 1 aliphatic heterocycles. The second kappa shape index (κ2) is 8.86. The Hall–Kier alpha value is -1.63. The van der Waals surface area contributed by atoms with Gasteiger partial charge in [0.25, 0.3) is 0 Å². The summed E-state index contributed by atoms with van der Waals surface area (Å²) in [4.78, 5) is 20.7. The van der Waals surface area contributed by atoms with Crippen LogP contribution in [0, 0.1) is 6.92 Å². The number of aromatic nitrogens is 3. The Kier molecular flexibility index (Phi) is 7.48. The molecule has 2 N–H and O–H groups in total. The predicted molar refractivity (Wildman–Crippen MR) is 94.9 cm³/mol. The molecule has 0 radical (unpaired) electrons. The normalized spacial score (nSPS) is 16.3. The molecular weight excluding hydrogens is 337 g/mol. The lowest BCUT2D eigenvalue weighted by Crippen LogP contribution is -2.27. The summed E-state index contributed by atoms with van der Waals surface area (Å²) in [5, 5.41) is 6.30. The fraction of sp³-hybridized carbons (Fsp3) is 0.400. The number of nitrogens with one attached hydrogen (secondary N) is 2. The monoisotopic (exact) mass is 357 g/mol. The first-order valence-corrected chi connectivity index (χ1v) is 7.22. The van der Waals surface area contributed by atoms with Gasteiger partial charge in [-0.3, -0.25) is 9.36 Å². The lowest BCUT2D eigenvalue weighted by Gasteiger charge is -2.13. The minimum absolute atomic E-state index is 0. The number of hydrogen-bond donors (Lipinski definition) is 2. The van der Waals surface area contributed by atoms with Crippen LogP contribution in [0.25, 0.3) is 5.82 Å². The Morgan fingerprint density at radius 1 is 1.39 bits per heavy atom. The average molecular weight is 358 g/mol. The molecule has 0 spiro atoms. The van der Waals surface area contributed by atoms with Crippen LogP contribution in [-0.2, 0) is 4.79 Å². The third-order valence-corrected chi connectivity index (χ3v) is 3.71. The lowest BCUT2D eigenvalue weighted by molar-refractivity contribution is -0.116. The first-order chi connectivity index (χ1) is 10.2. The van der Waals surface area contributed by atoms with Crippen molar-refractivity contribution in [1.29, 1.82) is 0 Å². The van der Waals surface area contributed by atoms with E-state index in [1.165, 1.54) is 0 Å². The van der Waals surface area contributed by atoms with Crippen molar-refractivity contribution in [3.05, 3.63) is 36.5 Å². The molecule has 1 fully saturated rings. The summed E-state index contributed by atoms with van der Waals surface area (Å²) in [5.41, 5.74) is 0.710. The number of carbonyl (C=O) groups is 1. The first-order valence-electron chi connectivity index (χ1n) is 7.22. The summed E-state index contributed by atoms with van der Waals surface area (Å²) in [6.45, 7) is 2.91. The highest BCUT2D eigenvalue weighted by molar-refractivity contribution is 5.92. The molecule has 6 nitrogen and oxygen atoms in total. The van der Waals surface area contributed by atoms with E-state index in [4.69, 9.17) is 0 Å². The highest BCUT2D eigenvalue weighted by Crippen LogP contribution is 2.19. The van der Waals surface area contributed by atoms with Crippen molar-refractivity contribution in [2.45, 2.75) is 32.2 Å². The van der Waals surface area contributed by atoms with Gasteiger partial charge in [0.05, 0.1) is 5.69 Å². The number of halogens is 2. The van der Waals surface area contributed by atoms with Crippen molar-refractivity contribution in [2.75, 3.05) is 11.9 Å². The summed E-state index contributed by atoms with van der Waals surface area (Å²) < 4.78 is 1.86. The van der Waals surface area contributed by atoms with Crippen LogP contribution in [0.4, 0.5) is 5.69 Å². The Morgan fingerprint density at radius 2 is 2.22 bits per heavy atom. The van der Waals surface area contributed by atoms with E-state index >= 15 is 0 Å². The minimum atomic E-state index is 0. The lowest BCUT2D eigenvalue weighted by atomic mass is 10.1. The number of pyridine rings is 1. The highest BCUT2D eigenvalue weighted by Gasteiger charge is 2.18. The molecule has 0 aromatic carbocycles. The van der Waals surface area contributed by atoms with E-state index in [1.54, 1.807) is 12.4 Å². The molecule has 0 aliphatic carbocycles. The van der Waals surface area contributed by atoms with Crippen LogP contribution in [0.5, 0.6) is 0 Å². The molecule has 1 aliphatic rings. The van der Waals surface area contributed by atoms with E-state index in [0.717, 1.165) is 25.2 Å². The SMILES string of the molecule is Cc1nccn1-c1ncccc1NC(=O)CC1CCCN1.Cl.Cl. The van der Waals surface area contributed by atoms with Crippen LogP contribution >= 0.6 is 24.8 Å². The van der Waals surface area contributed by atoms with E-state index in [-0.39, 0.29) is 30.7 Å². The maximum Gasteiger partial charge on any atom is 0.226 e. The molecule has 2 aromatic heterocycles. The molecule has 1 amide bonds. The fourth-order valence-corrected chi connectivity index (χ4v) is 2.64.